The predicted octanol–water partition coefficient (Wildman–Crippen LogP) is 1.90. The summed E-state index contributed by atoms with van der Waals surface area (Å²) >= 11 is 1.51. The summed E-state index contributed by atoms with van der Waals surface area (Å²) in [4.78, 5) is 4.39. The first-order valence-electron chi connectivity index (χ1n) is 6.50. The van der Waals surface area contributed by atoms with Gasteiger partial charge in [0, 0.05) is 12.5 Å². The van der Waals surface area contributed by atoms with Crippen molar-refractivity contribution in [3.8, 4) is 0 Å². The SMILES string of the molecule is C=CCn1c(CN)nnc1SCc1nc(C2CC2)no1.Cl. The zero-order valence-electron chi connectivity index (χ0n) is 11.4. The van der Waals surface area contributed by atoms with Gasteiger partial charge in [-0.05, 0) is 12.8 Å². The summed E-state index contributed by atoms with van der Waals surface area (Å²) in [5.41, 5.74) is 5.64. The van der Waals surface area contributed by atoms with Crippen molar-refractivity contribution in [2.24, 2.45) is 5.73 Å². The summed E-state index contributed by atoms with van der Waals surface area (Å²) in [6, 6.07) is 0. The Bertz CT molecular complexity index is 609. The van der Waals surface area contributed by atoms with Gasteiger partial charge in [-0.1, -0.05) is 23.0 Å². The van der Waals surface area contributed by atoms with Gasteiger partial charge in [-0.3, -0.25) is 0 Å². The maximum atomic E-state index is 5.64. The Kier molecular flexibility index (Phi) is 5.38. The van der Waals surface area contributed by atoms with Gasteiger partial charge in [0.25, 0.3) is 0 Å². The molecule has 2 N–H and O–H groups in total. The molecule has 0 radical (unpaired) electrons. The van der Waals surface area contributed by atoms with Crippen LogP contribution in [0, 0.1) is 0 Å². The summed E-state index contributed by atoms with van der Waals surface area (Å²) in [5.74, 6) is 3.29. The third-order valence-electron chi connectivity index (χ3n) is 3.04. The molecule has 2 heterocycles. The lowest BCUT2D eigenvalue weighted by Crippen LogP contribution is -2.08. The topological polar surface area (TPSA) is 95.7 Å². The van der Waals surface area contributed by atoms with E-state index in [0.29, 0.717) is 30.7 Å². The Morgan fingerprint density at radius 2 is 2.24 bits per heavy atom. The molecule has 114 valence electrons. The van der Waals surface area contributed by atoms with Crippen molar-refractivity contribution in [2.75, 3.05) is 0 Å². The van der Waals surface area contributed by atoms with E-state index in [1.54, 1.807) is 6.08 Å². The van der Waals surface area contributed by atoms with Crippen LogP contribution in [0.25, 0.3) is 0 Å². The van der Waals surface area contributed by atoms with E-state index < -0.39 is 0 Å². The molecular weight excluding hydrogens is 312 g/mol. The maximum absolute atomic E-state index is 5.64. The smallest absolute Gasteiger partial charge is 0.237 e. The number of hydrogen-bond acceptors (Lipinski definition) is 7. The van der Waals surface area contributed by atoms with Gasteiger partial charge in [0.15, 0.2) is 11.0 Å². The molecule has 0 atom stereocenters. The first-order chi connectivity index (χ1) is 9.81. The highest BCUT2D eigenvalue weighted by atomic mass is 35.5. The van der Waals surface area contributed by atoms with Gasteiger partial charge in [-0.25, -0.2) is 0 Å². The molecule has 0 bridgehead atoms. The highest BCUT2D eigenvalue weighted by molar-refractivity contribution is 7.98. The van der Waals surface area contributed by atoms with E-state index in [-0.39, 0.29) is 12.4 Å². The minimum absolute atomic E-state index is 0. The predicted molar refractivity (Wildman–Crippen MR) is 81.2 cm³/mol. The first-order valence-corrected chi connectivity index (χ1v) is 7.48. The highest BCUT2D eigenvalue weighted by Crippen LogP contribution is 2.38. The largest absolute Gasteiger partial charge is 0.338 e. The normalized spacial score (nSPS) is 14.0. The molecule has 2 aromatic heterocycles. The molecule has 0 saturated heterocycles. The van der Waals surface area contributed by atoms with Crippen molar-refractivity contribution in [1.82, 2.24) is 24.9 Å². The zero-order valence-corrected chi connectivity index (χ0v) is 13.1. The van der Waals surface area contributed by atoms with Gasteiger partial charge in [0.05, 0.1) is 12.3 Å². The van der Waals surface area contributed by atoms with Gasteiger partial charge in [0.1, 0.15) is 5.82 Å². The van der Waals surface area contributed by atoms with Crippen LogP contribution < -0.4 is 5.73 Å². The molecule has 2 aromatic rings. The average molecular weight is 329 g/mol. The number of halogens is 1. The van der Waals surface area contributed by atoms with E-state index in [1.165, 1.54) is 24.6 Å². The molecule has 0 unspecified atom stereocenters. The number of nitrogens with two attached hydrogens (primary N) is 1. The molecular formula is C12H17ClN6OS. The first kappa shape index (κ1) is 16.0. The Morgan fingerprint density at radius 3 is 2.90 bits per heavy atom. The van der Waals surface area contributed by atoms with Crippen molar-refractivity contribution in [3.63, 3.8) is 0 Å². The summed E-state index contributed by atoms with van der Waals surface area (Å²) < 4.78 is 7.18. The molecule has 7 nitrogen and oxygen atoms in total. The Labute approximate surface area is 132 Å². The van der Waals surface area contributed by atoms with Crippen LogP contribution in [-0.2, 0) is 18.8 Å². The molecule has 1 fully saturated rings. The van der Waals surface area contributed by atoms with Crippen LogP contribution in [-0.4, -0.2) is 24.9 Å². The van der Waals surface area contributed by atoms with Crippen LogP contribution in [0.2, 0.25) is 0 Å². The lowest BCUT2D eigenvalue weighted by atomic mass is 10.4. The van der Waals surface area contributed by atoms with Crippen LogP contribution in [0.15, 0.2) is 22.3 Å². The number of allylic oxidation sites excluding steroid dienone is 1. The van der Waals surface area contributed by atoms with Crippen LogP contribution in [0.5, 0.6) is 0 Å². The quantitative estimate of drug-likeness (QED) is 0.612. The third kappa shape index (κ3) is 3.63. The van der Waals surface area contributed by atoms with Crippen LogP contribution >= 0.6 is 24.2 Å². The molecule has 3 rings (SSSR count). The van der Waals surface area contributed by atoms with E-state index in [0.717, 1.165) is 16.8 Å². The lowest BCUT2D eigenvalue weighted by Gasteiger charge is -2.04. The molecule has 1 saturated carbocycles. The second kappa shape index (κ2) is 7.06. The molecule has 1 aliphatic rings. The Balaban J connectivity index is 0.00000161. The fourth-order valence-electron chi connectivity index (χ4n) is 1.85. The lowest BCUT2D eigenvalue weighted by molar-refractivity contribution is 0.385. The van der Waals surface area contributed by atoms with Crippen molar-refractivity contribution >= 4 is 24.2 Å². The number of rotatable bonds is 7. The van der Waals surface area contributed by atoms with E-state index in [2.05, 4.69) is 26.9 Å². The molecule has 0 aromatic carbocycles. The van der Waals surface area contributed by atoms with E-state index in [1.807, 2.05) is 4.57 Å². The van der Waals surface area contributed by atoms with Gasteiger partial charge in [-0.2, -0.15) is 4.98 Å². The standard InChI is InChI=1S/C12H16N6OS.ClH/c1-2-5-18-9(6-13)15-16-12(18)20-7-10-14-11(17-19-10)8-3-4-8;/h2,8H,1,3-7,13H2;1H. The molecule has 9 heteroatoms. The average Bonchev–Trinajstić information content (AvgIpc) is 3.08. The Hall–Kier alpha value is -1.38. The van der Waals surface area contributed by atoms with Crippen LogP contribution in [0.4, 0.5) is 0 Å². The monoisotopic (exact) mass is 328 g/mol. The number of hydrogen-bond donors (Lipinski definition) is 1. The molecule has 1 aliphatic carbocycles. The number of nitrogens with zero attached hydrogens (tertiary/aromatic N) is 5. The number of thioether (sulfide) groups is 1. The van der Waals surface area contributed by atoms with Crippen molar-refractivity contribution in [1.29, 1.82) is 0 Å². The minimum atomic E-state index is 0. The third-order valence-corrected chi connectivity index (χ3v) is 3.99. The van der Waals surface area contributed by atoms with Crippen LogP contribution in [0.3, 0.4) is 0 Å². The molecule has 0 amide bonds. The maximum Gasteiger partial charge on any atom is 0.237 e. The summed E-state index contributed by atoms with van der Waals surface area (Å²) in [6.45, 7) is 4.73. The zero-order chi connectivity index (χ0) is 13.9. The second-order valence-corrected chi connectivity index (χ2v) is 5.55. The second-order valence-electron chi connectivity index (χ2n) is 4.61. The van der Waals surface area contributed by atoms with Crippen LogP contribution in [0.1, 0.15) is 36.3 Å². The minimum Gasteiger partial charge on any atom is -0.338 e. The molecule has 0 spiro atoms. The van der Waals surface area contributed by atoms with Gasteiger partial charge in [-0.15, -0.1) is 29.2 Å². The van der Waals surface area contributed by atoms with Gasteiger partial charge >= 0.3 is 0 Å². The number of aromatic nitrogens is 5. The fraction of sp³-hybridized carbons (Fsp3) is 0.500. The summed E-state index contributed by atoms with van der Waals surface area (Å²) in [7, 11) is 0. The van der Waals surface area contributed by atoms with E-state index in [4.69, 9.17) is 10.3 Å². The highest BCUT2D eigenvalue weighted by Gasteiger charge is 2.28. The van der Waals surface area contributed by atoms with E-state index >= 15 is 0 Å². The van der Waals surface area contributed by atoms with Gasteiger partial charge < -0.3 is 14.8 Å². The Morgan fingerprint density at radius 1 is 1.43 bits per heavy atom. The van der Waals surface area contributed by atoms with Crippen molar-refractivity contribution < 1.29 is 4.52 Å². The fourth-order valence-corrected chi connectivity index (χ4v) is 2.65. The molecule has 21 heavy (non-hydrogen) atoms. The summed E-state index contributed by atoms with van der Waals surface area (Å²) in [5, 5.41) is 13.0. The van der Waals surface area contributed by atoms with Crippen molar-refractivity contribution in [2.45, 2.75) is 42.8 Å². The molecule has 0 aliphatic heterocycles. The van der Waals surface area contributed by atoms with Gasteiger partial charge in [0.2, 0.25) is 5.89 Å². The van der Waals surface area contributed by atoms with Crippen molar-refractivity contribution in [3.05, 3.63) is 30.2 Å². The van der Waals surface area contributed by atoms with E-state index in [9.17, 15) is 0 Å². The summed E-state index contributed by atoms with van der Waals surface area (Å²) in [6.07, 6.45) is 4.13.